The highest BCUT2D eigenvalue weighted by molar-refractivity contribution is 7.98. The van der Waals surface area contributed by atoms with Crippen LogP contribution in [0.25, 0.3) is 0 Å². The lowest BCUT2D eigenvalue weighted by atomic mass is 10.2. The summed E-state index contributed by atoms with van der Waals surface area (Å²) in [7, 11) is 0. The molecule has 0 fully saturated rings. The number of furan rings is 1. The molecule has 0 spiro atoms. The van der Waals surface area contributed by atoms with E-state index in [1.165, 1.54) is 6.42 Å². The molecule has 1 heterocycles. The summed E-state index contributed by atoms with van der Waals surface area (Å²) in [4.78, 5) is 0. The van der Waals surface area contributed by atoms with Gasteiger partial charge in [-0.3, -0.25) is 0 Å². The SMILES string of the molecule is CCCC(N)CSCc1ccco1. The molecular formula is C10H17NOS. The van der Waals surface area contributed by atoms with Gasteiger partial charge in [-0.2, -0.15) is 11.8 Å². The summed E-state index contributed by atoms with van der Waals surface area (Å²) in [5.41, 5.74) is 5.87. The predicted molar refractivity (Wildman–Crippen MR) is 57.8 cm³/mol. The Balaban J connectivity index is 2.07. The topological polar surface area (TPSA) is 39.2 Å². The Kier molecular flexibility index (Phi) is 5.01. The van der Waals surface area contributed by atoms with E-state index in [-0.39, 0.29) is 0 Å². The fraction of sp³-hybridized carbons (Fsp3) is 0.600. The van der Waals surface area contributed by atoms with Crippen LogP contribution in [0, 0.1) is 0 Å². The highest BCUT2D eigenvalue weighted by Gasteiger charge is 2.02. The van der Waals surface area contributed by atoms with Gasteiger partial charge in [0.2, 0.25) is 0 Å². The van der Waals surface area contributed by atoms with E-state index in [9.17, 15) is 0 Å². The van der Waals surface area contributed by atoms with E-state index in [4.69, 9.17) is 10.2 Å². The Morgan fingerprint density at radius 3 is 3.08 bits per heavy atom. The lowest BCUT2D eigenvalue weighted by Gasteiger charge is -2.08. The average molecular weight is 199 g/mol. The number of hydrogen-bond donors (Lipinski definition) is 1. The molecule has 13 heavy (non-hydrogen) atoms. The summed E-state index contributed by atoms with van der Waals surface area (Å²) >= 11 is 1.84. The van der Waals surface area contributed by atoms with E-state index >= 15 is 0 Å². The molecule has 0 radical (unpaired) electrons. The van der Waals surface area contributed by atoms with Crippen LogP contribution in [0.15, 0.2) is 22.8 Å². The minimum absolute atomic E-state index is 0.338. The molecule has 0 aliphatic carbocycles. The first-order chi connectivity index (χ1) is 6.33. The van der Waals surface area contributed by atoms with E-state index in [0.29, 0.717) is 6.04 Å². The lowest BCUT2D eigenvalue weighted by molar-refractivity contribution is 0.530. The van der Waals surface area contributed by atoms with E-state index in [0.717, 1.165) is 23.7 Å². The average Bonchev–Trinajstić information content (AvgIpc) is 2.57. The minimum atomic E-state index is 0.338. The van der Waals surface area contributed by atoms with Gasteiger partial charge in [0.05, 0.1) is 12.0 Å². The lowest BCUT2D eigenvalue weighted by Crippen LogP contribution is -2.22. The van der Waals surface area contributed by atoms with Crippen LogP contribution in [-0.2, 0) is 5.75 Å². The molecule has 0 aliphatic heterocycles. The standard InChI is InChI=1S/C10H17NOS/c1-2-4-9(11)7-13-8-10-5-3-6-12-10/h3,5-6,9H,2,4,7-8,11H2,1H3. The molecule has 2 N–H and O–H groups in total. The van der Waals surface area contributed by atoms with Crippen LogP contribution >= 0.6 is 11.8 Å². The van der Waals surface area contributed by atoms with Gasteiger partial charge >= 0.3 is 0 Å². The summed E-state index contributed by atoms with van der Waals surface area (Å²) in [6, 6.07) is 4.25. The predicted octanol–water partition coefficient (Wildman–Crippen LogP) is 2.64. The Labute approximate surface area is 83.9 Å². The fourth-order valence-corrected chi connectivity index (χ4v) is 2.11. The third-order valence-electron chi connectivity index (χ3n) is 1.82. The molecule has 1 unspecified atom stereocenters. The zero-order chi connectivity index (χ0) is 9.52. The van der Waals surface area contributed by atoms with E-state index in [1.54, 1.807) is 6.26 Å². The van der Waals surface area contributed by atoms with Gasteiger partial charge < -0.3 is 10.2 Å². The Morgan fingerprint density at radius 1 is 1.62 bits per heavy atom. The van der Waals surface area contributed by atoms with Crippen molar-refractivity contribution in [3.63, 3.8) is 0 Å². The quantitative estimate of drug-likeness (QED) is 0.765. The van der Waals surface area contributed by atoms with Crippen molar-refractivity contribution in [3.05, 3.63) is 24.2 Å². The molecular weight excluding hydrogens is 182 g/mol. The highest BCUT2D eigenvalue weighted by atomic mass is 32.2. The second kappa shape index (κ2) is 6.11. The van der Waals surface area contributed by atoms with Crippen molar-refractivity contribution in [1.82, 2.24) is 0 Å². The van der Waals surface area contributed by atoms with Crippen molar-refractivity contribution in [3.8, 4) is 0 Å². The van der Waals surface area contributed by atoms with Crippen molar-refractivity contribution in [2.24, 2.45) is 5.73 Å². The molecule has 0 saturated carbocycles. The summed E-state index contributed by atoms with van der Waals surface area (Å²) in [5.74, 6) is 2.99. The third-order valence-corrected chi connectivity index (χ3v) is 2.97. The van der Waals surface area contributed by atoms with Crippen molar-refractivity contribution < 1.29 is 4.42 Å². The van der Waals surface area contributed by atoms with Crippen molar-refractivity contribution in [1.29, 1.82) is 0 Å². The van der Waals surface area contributed by atoms with Gasteiger partial charge in [0.25, 0.3) is 0 Å². The second-order valence-corrected chi connectivity index (χ2v) is 4.17. The van der Waals surface area contributed by atoms with Crippen molar-refractivity contribution in [2.75, 3.05) is 5.75 Å². The Morgan fingerprint density at radius 2 is 2.46 bits per heavy atom. The number of rotatable bonds is 6. The molecule has 0 amide bonds. The summed E-state index contributed by atoms with van der Waals surface area (Å²) < 4.78 is 5.21. The highest BCUT2D eigenvalue weighted by Crippen LogP contribution is 2.13. The first-order valence-corrected chi connectivity index (χ1v) is 5.84. The molecule has 2 nitrogen and oxygen atoms in total. The van der Waals surface area contributed by atoms with Crippen LogP contribution in [0.1, 0.15) is 25.5 Å². The van der Waals surface area contributed by atoms with Gasteiger partial charge in [-0.1, -0.05) is 13.3 Å². The maximum atomic E-state index is 5.87. The molecule has 0 saturated heterocycles. The van der Waals surface area contributed by atoms with Crippen LogP contribution in [0.2, 0.25) is 0 Å². The van der Waals surface area contributed by atoms with Crippen LogP contribution in [0.3, 0.4) is 0 Å². The van der Waals surface area contributed by atoms with Gasteiger partial charge in [0, 0.05) is 11.8 Å². The maximum absolute atomic E-state index is 5.87. The van der Waals surface area contributed by atoms with E-state index in [2.05, 4.69) is 6.92 Å². The first kappa shape index (κ1) is 10.7. The normalized spacial score (nSPS) is 13.1. The zero-order valence-corrected chi connectivity index (χ0v) is 8.85. The van der Waals surface area contributed by atoms with Gasteiger partial charge in [-0.15, -0.1) is 0 Å². The zero-order valence-electron chi connectivity index (χ0n) is 8.03. The molecule has 0 bridgehead atoms. The van der Waals surface area contributed by atoms with Crippen molar-refractivity contribution in [2.45, 2.75) is 31.6 Å². The molecule has 1 atom stereocenters. The maximum Gasteiger partial charge on any atom is 0.113 e. The van der Waals surface area contributed by atoms with E-state index in [1.807, 2.05) is 23.9 Å². The Hall–Kier alpha value is -0.410. The molecule has 3 heteroatoms. The summed E-state index contributed by atoms with van der Waals surface area (Å²) in [6.07, 6.45) is 4.00. The van der Waals surface area contributed by atoms with Crippen LogP contribution in [0.4, 0.5) is 0 Å². The smallest absolute Gasteiger partial charge is 0.113 e. The summed E-state index contributed by atoms with van der Waals surface area (Å²) in [5, 5.41) is 0. The molecule has 0 aliphatic rings. The largest absolute Gasteiger partial charge is 0.468 e. The van der Waals surface area contributed by atoms with Crippen molar-refractivity contribution >= 4 is 11.8 Å². The number of nitrogens with two attached hydrogens (primary N) is 1. The first-order valence-electron chi connectivity index (χ1n) is 4.68. The van der Waals surface area contributed by atoms with Gasteiger partial charge in [0.1, 0.15) is 5.76 Å². The fourth-order valence-electron chi connectivity index (χ4n) is 1.16. The van der Waals surface area contributed by atoms with Gasteiger partial charge in [0.15, 0.2) is 0 Å². The molecule has 74 valence electrons. The van der Waals surface area contributed by atoms with Gasteiger partial charge in [-0.25, -0.2) is 0 Å². The Bertz CT molecular complexity index is 211. The molecule has 1 rings (SSSR count). The monoisotopic (exact) mass is 199 g/mol. The minimum Gasteiger partial charge on any atom is -0.468 e. The second-order valence-electron chi connectivity index (χ2n) is 3.14. The molecule has 0 aromatic carbocycles. The van der Waals surface area contributed by atoms with E-state index < -0.39 is 0 Å². The van der Waals surface area contributed by atoms with Crippen LogP contribution < -0.4 is 5.73 Å². The summed E-state index contributed by atoms with van der Waals surface area (Å²) in [6.45, 7) is 2.16. The number of thioether (sulfide) groups is 1. The third kappa shape index (κ3) is 4.39. The molecule has 1 aromatic heterocycles. The number of hydrogen-bond acceptors (Lipinski definition) is 3. The molecule has 1 aromatic rings. The van der Waals surface area contributed by atoms with Crippen LogP contribution in [0.5, 0.6) is 0 Å². The van der Waals surface area contributed by atoms with Crippen LogP contribution in [-0.4, -0.2) is 11.8 Å². The van der Waals surface area contributed by atoms with Gasteiger partial charge in [-0.05, 0) is 18.6 Å².